The van der Waals surface area contributed by atoms with Crippen molar-refractivity contribution < 1.29 is 27.0 Å². The molecule has 1 spiro atoms. The van der Waals surface area contributed by atoms with E-state index >= 15 is 0 Å². The Morgan fingerprint density at radius 3 is 2.73 bits per heavy atom. The summed E-state index contributed by atoms with van der Waals surface area (Å²) >= 11 is 6.94. The molecule has 0 bridgehead atoms. The monoisotopic (exact) mass is 705 g/mol. The van der Waals surface area contributed by atoms with Gasteiger partial charge in [-0.3, -0.25) is 4.90 Å². The van der Waals surface area contributed by atoms with Crippen LogP contribution in [0.4, 0.5) is 15.9 Å². The van der Waals surface area contributed by atoms with Crippen molar-refractivity contribution in [2.75, 3.05) is 69.6 Å². The molecule has 1 saturated carbocycles. The third kappa shape index (κ3) is 6.10. The summed E-state index contributed by atoms with van der Waals surface area (Å²) in [6.07, 6.45) is 4.88. The van der Waals surface area contributed by atoms with Crippen LogP contribution in [-0.4, -0.2) is 100 Å². The normalized spacial score (nSPS) is 32.5. The van der Waals surface area contributed by atoms with Gasteiger partial charge in [-0.1, -0.05) is 18.5 Å². The lowest BCUT2D eigenvalue weighted by Gasteiger charge is -2.41. The van der Waals surface area contributed by atoms with E-state index in [2.05, 4.69) is 37.1 Å². The van der Waals surface area contributed by atoms with E-state index in [0.29, 0.717) is 68.2 Å². The van der Waals surface area contributed by atoms with Crippen molar-refractivity contribution in [2.24, 2.45) is 5.92 Å². The van der Waals surface area contributed by atoms with Gasteiger partial charge in [0.05, 0.1) is 23.3 Å². The predicted molar refractivity (Wildman–Crippen MR) is 180 cm³/mol. The van der Waals surface area contributed by atoms with Gasteiger partial charge in [-0.05, 0) is 68.5 Å². The van der Waals surface area contributed by atoms with E-state index in [-0.39, 0.29) is 18.3 Å². The zero-order valence-electron chi connectivity index (χ0n) is 27.6. The molecule has 0 amide bonds. The Balaban J connectivity index is 1.14. The highest BCUT2D eigenvalue weighted by Gasteiger charge is 2.50. The van der Waals surface area contributed by atoms with Crippen LogP contribution in [0.5, 0.6) is 11.8 Å². The standard InChI is InChI=1S/C33H45ClFN7O5S/c1-21-11-25(21)29-26(34)12-23(47-20-45-2)13-28(29)40-10-5-24-27(16-40)37-31(46-19-33-7-4-9-42(33)15-22(35)14-33)38-30(24)41-8-3-6-32(18-41)17-36-48(43,44)39-32/h12-13,21-22,25,36,39H,3-11,14-20H2,1-2H3/t21-,22+,25+,32-,33-/m0/s1. The van der Waals surface area contributed by atoms with Crippen LogP contribution < -0.4 is 28.7 Å². The van der Waals surface area contributed by atoms with Gasteiger partial charge in [0.15, 0.2) is 6.79 Å². The number of benzene rings is 1. The number of alkyl halides is 1. The number of hydrogen-bond acceptors (Lipinski definition) is 10. The second-order valence-corrected chi connectivity index (χ2v) is 16.6. The molecule has 5 aliphatic heterocycles. The fourth-order valence-electron chi connectivity index (χ4n) is 8.84. The number of anilines is 2. The molecule has 5 fully saturated rings. The van der Waals surface area contributed by atoms with Crippen molar-refractivity contribution in [3.8, 4) is 11.8 Å². The Bertz CT molecular complexity index is 1690. The molecule has 4 saturated heterocycles. The third-order valence-electron chi connectivity index (χ3n) is 11.3. The predicted octanol–water partition coefficient (Wildman–Crippen LogP) is 3.53. The molecule has 5 atom stereocenters. The van der Waals surface area contributed by atoms with E-state index in [0.717, 1.165) is 80.1 Å². The summed E-state index contributed by atoms with van der Waals surface area (Å²) in [5.74, 6) is 2.39. The van der Waals surface area contributed by atoms with Crippen molar-refractivity contribution in [2.45, 2.75) is 81.6 Å². The average molecular weight is 706 g/mol. The average Bonchev–Trinajstić information content (AvgIpc) is 3.34. The van der Waals surface area contributed by atoms with Gasteiger partial charge in [-0.15, -0.1) is 0 Å². The Hall–Kier alpha value is -2.49. The molecule has 48 heavy (non-hydrogen) atoms. The fraction of sp³-hybridized carbons (Fsp3) is 0.697. The molecule has 6 heterocycles. The molecular weight excluding hydrogens is 661 g/mol. The van der Waals surface area contributed by atoms with Crippen LogP contribution in [0.2, 0.25) is 5.02 Å². The first-order valence-corrected chi connectivity index (χ1v) is 19.1. The lowest BCUT2D eigenvalue weighted by atomic mass is 9.89. The van der Waals surface area contributed by atoms with Crippen molar-refractivity contribution >= 4 is 33.3 Å². The number of hydrogen-bond donors (Lipinski definition) is 2. The summed E-state index contributed by atoms with van der Waals surface area (Å²) in [4.78, 5) is 16.8. The number of rotatable bonds is 9. The molecular formula is C33H45ClFN7O5S. The van der Waals surface area contributed by atoms with Crippen LogP contribution in [0, 0.1) is 5.92 Å². The van der Waals surface area contributed by atoms with E-state index in [4.69, 9.17) is 35.8 Å². The number of nitrogens with zero attached hydrogens (tertiary/aromatic N) is 5. The summed E-state index contributed by atoms with van der Waals surface area (Å²) in [5.41, 5.74) is 3.17. The largest absolute Gasteiger partial charge is 0.467 e. The molecule has 0 unspecified atom stereocenters. The molecule has 8 rings (SSSR count). The fourth-order valence-corrected chi connectivity index (χ4v) is 10.5. The minimum absolute atomic E-state index is 0.125. The minimum Gasteiger partial charge on any atom is -0.467 e. The van der Waals surface area contributed by atoms with Gasteiger partial charge < -0.3 is 24.0 Å². The first-order valence-electron chi connectivity index (χ1n) is 17.2. The highest BCUT2D eigenvalue weighted by Crippen LogP contribution is 2.54. The van der Waals surface area contributed by atoms with E-state index in [1.807, 2.05) is 6.07 Å². The molecule has 1 aromatic heterocycles. The van der Waals surface area contributed by atoms with Crippen LogP contribution in [0.1, 0.15) is 68.2 Å². The summed E-state index contributed by atoms with van der Waals surface area (Å²) in [6, 6.07) is 4.22. The number of methoxy groups -OCH3 is 1. The second kappa shape index (κ2) is 12.4. The number of aromatic nitrogens is 2. The van der Waals surface area contributed by atoms with Gasteiger partial charge in [0.1, 0.15) is 24.3 Å². The summed E-state index contributed by atoms with van der Waals surface area (Å²) < 4.78 is 62.3. The van der Waals surface area contributed by atoms with Gasteiger partial charge >= 0.3 is 6.01 Å². The highest BCUT2D eigenvalue weighted by molar-refractivity contribution is 7.87. The zero-order chi connectivity index (χ0) is 33.3. The number of ether oxygens (including phenoxy) is 3. The number of nitrogens with one attached hydrogen (secondary N) is 2. The van der Waals surface area contributed by atoms with E-state index in [1.54, 1.807) is 7.11 Å². The summed E-state index contributed by atoms with van der Waals surface area (Å²) in [6.45, 7) is 6.87. The molecule has 2 aromatic rings. The van der Waals surface area contributed by atoms with Gasteiger partial charge in [0, 0.05) is 68.6 Å². The molecule has 1 aliphatic carbocycles. The lowest BCUT2D eigenvalue weighted by Crippen LogP contribution is -2.57. The van der Waals surface area contributed by atoms with Crippen LogP contribution in [-0.2, 0) is 27.9 Å². The van der Waals surface area contributed by atoms with Crippen molar-refractivity contribution in [1.29, 1.82) is 0 Å². The van der Waals surface area contributed by atoms with Gasteiger partial charge in [-0.25, -0.2) is 9.11 Å². The number of halogens is 2. The first kappa shape index (κ1) is 32.7. The highest BCUT2D eigenvalue weighted by atomic mass is 35.5. The van der Waals surface area contributed by atoms with E-state index < -0.39 is 21.9 Å². The Morgan fingerprint density at radius 2 is 1.96 bits per heavy atom. The van der Waals surface area contributed by atoms with Crippen LogP contribution >= 0.6 is 11.6 Å². The Morgan fingerprint density at radius 1 is 1.12 bits per heavy atom. The van der Waals surface area contributed by atoms with E-state index in [1.165, 1.54) is 0 Å². The van der Waals surface area contributed by atoms with Crippen LogP contribution in [0.15, 0.2) is 12.1 Å². The molecule has 6 aliphatic rings. The summed E-state index contributed by atoms with van der Waals surface area (Å²) in [5, 5.41) is 0.695. The minimum atomic E-state index is -3.53. The van der Waals surface area contributed by atoms with Gasteiger partial charge in [-0.2, -0.15) is 23.1 Å². The molecule has 2 N–H and O–H groups in total. The smallest absolute Gasteiger partial charge is 0.318 e. The van der Waals surface area contributed by atoms with Gasteiger partial charge in [0.25, 0.3) is 10.2 Å². The Labute approximate surface area is 286 Å². The second-order valence-electron chi connectivity index (χ2n) is 14.7. The molecule has 1 aromatic carbocycles. The molecule has 15 heteroatoms. The molecule has 12 nitrogen and oxygen atoms in total. The number of fused-ring (bicyclic) bond motifs is 2. The maximum absolute atomic E-state index is 14.6. The first-order chi connectivity index (χ1) is 23.1. The molecule has 0 radical (unpaired) electrons. The SMILES string of the molecule is COCOc1cc(Cl)c([C@@H]2C[C@@H]2C)c(N2CCc3c(nc(OC[C@@]45CCCN4C[C@H](F)C5)nc3N3CCC[C@]4(CNS(=O)(=O)N4)C3)C2)c1. The zero-order valence-corrected chi connectivity index (χ0v) is 29.2. The topological polar surface area (TPSA) is 121 Å². The van der Waals surface area contributed by atoms with Crippen LogP contribution in [0.25, 0.3) is 0 Å². The quantitative estimate of drug-likeness (QED) is 0.375. The summed E-state index contributed by atoms with van der Waals surface area (Å²) in [7, 11) is -1.94. The Kier molecular flexibility index (Phi) is 8.43. The lowest BCUT2D eigenvalue weighted by molar-refractivity contribution is 0.0511. The van der Waals surface area contributed by atoms with Gasteiger partial charge in [0.2, 0.25) is 0 Å². The maximum Gasteiger partial charge on any atom is 0.318 e. The van der Waals surface area contributed by atoms with Crippen molar-refractivity contribution in [3.63, 3.8) is 0 Å². The molecule has 262 valence electrons. The maximum atomic E-state index is 14.6. The van der Waals surface area contributed by atoms with Crippen molar-refractivity contribution in [1.82, 2.24) is 24.3 Å². The number of piperidine rings is 1. The third-order valence-corrected chi connectivity index (χ3v) is 12.9. The van der Waals surface area contributed by atoms with E-state index in [9.17, 15) is 12.8 Å². The van der Waals surface area contributed by atoms with Crippen LogP contribution in [0.3, 0.4) is 0 Å². The van der Waals surface area contributed by atoms with Crippen molar-refractivity contribution in [3.05, 3.63) is 34.0 Å².